The zero-order valence-electron chi connectivity index (χ0n) is 9.65. The zero-order valence-corrected chi connectivity index (χ0v) is 9.65. The number of carbonyl (C=O) groups excluding carboxylic acids is 1. The Morgan fingerprint density at radius 2 is 2.24 bits per heavy atom. The molecule has 2 rings (SSSR count). The van der Waals surface area contributed by atoms with Crippen LogP contribution in [0.1, 0.15) is 16.2 Å². The van der Waals surface area contributed by atoms with E-state index in [-0.39, 0.29) is 5.91 Å². The number of rotatable bonds is 2. The fourth-order valence-corrected chi connectivity index (χ4v) is 1.52. The Bertz CT molecular complexity index is 561. The molecule has 3 N–H and O–H groups in total. The lowest BCUT2D eigenvalue weighted by Crippen LogP contribution is -2.19. The van der Waals surface area contributed by atoms with Crippen LogP contribution in [0.25, 0.3) is 11.5 Å². The van der Waals surface area contributed by atoms with Crippen molar-refractivity contribution in [3.8, 4) is 11.5 Å². The molecule has 0 aliphatic carbocycles. The number of nitrogens with two attached hydrogens (primary N) is 1. The van der Waals surface area contributed by atoms with E-state index in [4.69, 9.17) is 10.2 Å². The molecule has 0 saturated heterocycles. The molecule has 1 heterocycles. The number of nitrogens with zero attached hydrogens (tertiary/aromatic N) is 1. The minimum absolute atomic E-state index is 0.263. The number of oxazole rings is 1. The SMILES string of the molecule is CNC(=O)c1nc(-c2cccc(N)c2)oc1C. The lowest BCUT2D eigenvalue weighted by atomic mass is 10.2. The smallest absolute Gasteiger partial charge is 0.273 e. The molecule has 0 saturated carbocycles. The van der Waals surface area contributed by atoms with Crippen LogP contribution in [0.15, 0.2) is 28.7 Å². The number of hydrogen-bond acceptors (Lipinski definition) is 4. The minimum atomic E-state index is -0.263. The van der Waals surface area contributed by atoms with E-state index in [1.54, 1.807) is 26.1 Å². The van der Waals surface area contributed by atoms with Gasteiger partial charge in [-0.3, -0.25) is 4.79 Å². The normalized spacial score (nSPS) is 10.2. The summed E-state index contributed by atoms with van der Waals surface area (Å²) in [7, 11) is 1.55. The van der Waals surface area contributed by atoms with Crippen LogP contribution in [-0.4, -0.2) is 17.9 Å². The average Bonchev–Trinajstić information content (AvgIpc) is 2.70. The molecule has 0 bridgehead atoms. The van der Waals surface area contributed by atoms with Crippen molar-refractivity contribution in [1.82, 2.24) is 10.3 Å². The van der Waals surface area contributed by atoms with Crippen molar-refractivity contribution in [3.05, 3.63) is 35.7 Å². The Labute approximate surface area is 98.6 Å². The van der Waals surface area contributed by atoms with Crippen LogP contribution in [0.2, 0.25) is 0 Å². The Balaban J connectivity index is 2.44. The topological polar surface area (TPSA) is 81.2 Å². The molecule has 2 aromatic rings. The molecular formula is C12H13N3O2. The van der Waals surface area contributed by atoms with E-state index in [1.165, 1.54) is 0 Å². The number of nitrogens with one attached hydrogen (secondary N) is 1. The summed E-state index contributed by atoms with van der Waals surface area (Å²) in [5.41, 5.74) is 7.35. The van der Waals surface area contributed by atoms with Gasteiger partial charge in [0.15, 0.2) is 5.69 Å². The fourth-order valence-electron chi connectivity index (χ4n) is 1.52. The molecule has 0 radical (unpaired) electrons. The summed E-state index contributed by atoms with van der Waals surface area (Å²) in [5, 5.41) is 2.51. The van der Waals surface area contributed by atoms with Gasteiger partial charge >= 0.3 is 0 Å². The standard InChI is InChI=1S/C12H13N3O2/c1-7-10(11(16)14-2)15-12(17-7)8-4-3-5-9(13)6-8/h3-6H,13H2,1-2H3,(H,14,16). The van der Waals surface area contributed by atoms with Crippen molar-refractivity contribution in [2.75, 3.05) is 12.8 Å². The number of aromatic nitrogens is 1. The Hall–Kier alpha value is -2.30. The first-order chi connectivity index (χ1) is 8.11. The highest BCUT2D eigenvalue weighted by molar-refractivity contribution is 5.93. The summed E-state index contributed by atoms with van der Waals surface area (Å²) in [6.07, 6.45) is 0. The van der Waals surface area contributed by atoms with Gasteiger partial charge in [-0.2, -0.15) is 0 Å². The molecule has 0 fully saturated rings. The fraction of sp³-hybridized carbons (Fsp3) is 0.167. The third kappa shape index (κ3) is 2.13. The summed E-state index contributed by atoms with van der Waals surface area (Å²) in [4.78, 5) is 15.6. The van der Waals surface area contributed by atoms with Crippen molar-refractivity contribution in [3.63, 3.8) is 0 Å². The third-order valence-electron chi connectivity index (χ3n) is 2.37. The summed E-state index contributed by atoms with van der Waals surface area (Å²) >= 11 is 0. The summed E-state index contributed by atoms with van der Waals surface area (Å²) in [5.74, 6) is 0.622. The number of hydrogen-bond donors (Lipinski definition) is 2. The van der Waals surface area contributed by atoms with E-state index in [2.05, 4.69) is 10.3 Å². The molecule has 5 nitrogen and oxygen atoms in total. The van der Waals surface area contributed by atoms with Gasteiger partial charge in [0.05, 0.1) is 0 Å². The van der Waals surface area contributed by atoms with E-state index < -0.39 is 0 Å². The molecule has 1 aromatic heterocycles. The molecule has 0 atom stereocenters. The zero-order chi connectivity index (χ0) is 12.4. The maximum Gasteiger partial charge on any atom is 0.273 e. The van der Waals surface area contributed by atoms with Gasteiger partial charge in [0.1, 0.15) is 5.76 Å². The number of benzene rings is 1. The Morgan fingerprint density at radius 1 is 1.47 bits per heavy atom. The van der Waals surface area contributed by atoms with Gasteiger partial charge in [0.25, 0.3) is 5.91 Å². The van der Waals surface area contributed by atoms with Gasteiger partial charge in [-0.05, 0) is 25.1 Å². The number of anilines is 1. The van der Waals surface area contributed by atoms with Crippen LogP contribution >= 0.6 is 0 Å². The van der Waals surface area contributed by atoms with Crippen LogP contribution in [0, 0.1) is 6.92 Å². The average molecular weight is 231 g/mol. The van der Waals surface area contributed by atoms with E-state index >= 15 is 0 Å². The minimum Gasteiger partial charge on any atom is -0.441 e. The van der Waals surface area contributed by atoms with Gasteiger partial charge in [-0.25, -0.2) is 4.98 Å². The second-order valence-corrected chi connectivity index (χ2v) is 3.63. The summed E-state index contributed by atoms with van der Waals surface area (Å²) in [6, 6.07) is 7.16. The van der Waals surface area contributed by atoms with Crippen molar-refractivity contribution in [2.24, 2.45) is 0 Å². The second-order valence-electron chi connectivity index (χ2n) is 3.63. The van der Waals surface area contributed by atoms with Crippen molar-refractivity contribution in [1.29, 1.82) is 0 Å². The van der Waals surface area contributed by atoms with E-state index in [0.29, 0.717) is 23.0 Å². The van der Waals surface area contributed by atoms with Gasteiger partial charge in [-0.1, -0.05) is 6.07 Å². The van der Waals surface area contributed by atoms with Crippen LogP contribution < -0.4 is 11.1 Å². The molecule has 0 unspecified atom stereocenters. The molecule has 0 spiro atoms. The first-order valence-electron chi connectivity index (χ1n) is 5.17. The Kier molecular flexibility index (Phi) is 2.82. The highest BCUT2D eigenvalue weighted by Crippen LogP contribution is 2.23. The highest BCUT2D eigenvalue weighted by atomic mass is 16.4. The van der Waals surface area contributed by atoms with Crippen LogP contribution in [0.3, 0.4) is 0 Å². The van der Waals surface area contributed by atoms with Crippen LogP contribution in [0.5, 0.6) is 0 Å². The van der Waals surface area contributed by atoms with Gasteiger partial charge < -0.3 is 15.5 Å². The predicted molar refractivity (Wildman–Crippen MR) is 64.5 cm³/mol. The maximum absolute atomic E-state index is 11.5. The largest absolute Gasteiger partial charge is 0.441 e. The molecule has 0 aliphatic heterocycles. The molecule has 17 heavy (non-hydrogen) atoms. The number of nitrogen functional groups attached to an aromatic ring is 1. The van der Waals surface area contributed by atoms with Crippen LogP contribution in [-0.2, 0) is 0 Å². The van der Waals surface area contributed by atoms with E-state index in [1.807, 2.05) is 12.1 Å². The van der Waals surface area contributed by atoms with Gasteiger partial charge in [0, 0.05) is 18.3 Å². The molecule has 1 aromatic carbocycles. The lowest BCUT2D eigenvalue weighted by molar-refractivity contribution is 0.0957. The molecule has 5 heteroatoms. The van der Waals surface area contributed by atoms with Gasteiger partial charge in [-0.15, -0.1) is 0 Å². The maximum atomic E-state index is 11.5. The number of carbonyl (C=O) groups is 1. The van der Waals surface area contributed by atoms with Gasteiger partial charge in [0.2, 0.25) is 5.89 Å². The third-order valence-corrected chi connectivity index (χ3v) is 2.37. The first-order valence-corrected chi connectivity index (χ1v) is 5.17. The first kappa shape index (κ1) is 11.2. The van der Waals surface area contributed by atoms with Crippen molar-refractivity contribution < 1.29 is 9.21 Å². The summed E-state index contributed by atoms with van der Waals surface area (Å²) < 4.78 is 5.45. The monoisotopic (exact) mass is 231 g/mol. The number of amides is 1. The van der Waals surface area contributed by atoms with Crippen LogP contribution in [0.4, 0.5) is 5.69 Å². The molecular weight excluding hydrogens is 218 g/mol. The molecule has 88 valence electrons. The highest BCUT2D eigenvalue weighted by Gasteiger charge is 2.16. The quantitative estimate of drug-likeness (QED) is 0.769. The predicted octanol–water partition coefficient (Wildman–Crippen LogP) is 1.59. The molecule has 0 aliphatic rings. The van der Waals surface area contributed by atoms with Crippen molar-refractivity contribution >= 4 is 11.6 Å². The lowest BCUT2D eigenvalue weighted by Gasteiger charge is -1.96. The Morgan fingerprint density at radius 3 is 2.88 bits per heavy atom. The molecule has 1 amide bonds. The van der Waals surface area contributed by atoms with Crippen molar-refractivity contribution in [2.45, 2.75) is 6.92 Å². The van der Waals surface area contributed by atoms with E-state index in [9.17, 15) is 4.79 Å². The summed E-state index contributed by atoms with van der Waals surface area (Å²) in [6.45, 7) is 1.70. The second kappa shape index (κ2) is 4.29. The van der Waals surface area contributed by atoms with E-state index in [0.717, 1.165) is 5.56 Å². The number of aryl methyl sites for hydroxylation is 1.